The van der Waals surface area contributed by atoms with Gasteiger partial charge in [-0.3, -0.25) is 0 Å². The van der Waals surface area contributed by atoms with Crippen LogP contribution in [0.3, 0.4) is 0 Å². The Morgan fingerprint density at radius 1 is 1.38 bits per heavy atom. The van der Waals surface area contributed by atoms with Gasteiger partial charge in [-0.25, -0.2) is 13.6 Å². The number of aliphatic hydroxyl groups excluding tert-OH is 1. The van der Waals surface area contributed by atoms with Crippen LogP contribution in [-0.4, -0.2) is 18.2 Å². The van der Waals surface area contributed by atoms with E-state index in [-0.39, 0.29) is 11.1 Å². The molecule has 16 heavy (non-hydrogen) atoms. The molecule has 0 bridgehead atoms. The number of benzene rings is 1. The highest BCUT2D eigenvalue weighted by Crippen LogP contribution is 2.27. The SMILES string of the molecule is COC(=O)C(O)c1ccc(C(C)(F)F)cc1. The van der Waals surface area contributed by atoms with Crippen molar-refractivity contribution < 1.29 is 23.4 Å². The Bertz CT molecular complexity index is 368. The standard InChI is InChI=1S/C11H12F2O3/c1-11(12,13)8-5-3-7(4-6-8)9(14)10(15)16-2/h3-6,9,14H,1-2H3. The summed E-state index contributed by atoms with van der Waals surface area (Å²) in [5.74, 6) is -3.76. The third kappa shape index (κ3) is 2.76. The van der Waals surface area contributed by atoms with Gasteiger partial charge in [0.1, 0.15) is 0 Å². The van der Waals surface area contributed by atoms with Crippen LogP contribution in [0.5, 0.6) is 0 Å². The minimum Gasteiger partial charge on any atom is -0.467 e. The van der Waals surface area contributed by atoms with Gasteiger partial charge in [-0.05, 0) is 5.56 Å². The van der Waals surface area contributed by atoms with Gasteiger partial charge in [0, 0.05) is 12.5 Å². The summed E-state index contributed by atoms with van der Waals surface area (Å²) in [5.41, 5.74) is 0.0492. The molecule has 1 N–H and O–H groups in total. The Morgan fingerprint density at radius 3 is 2.25 bits per heavy atom. The molecular weight excluding hydrogens is 218 g/mol. The fraction of sp³-hybridized carbons (Fsp3) is 0.364. The van der Waals surface area contributed by atoms with E-state index in [0.29, 0.717) is 0 Å². The van der Waals surface area contributed by atoms with Crippen molar-refractivity contribution in [3.63, 3.8) is 0 Å². The summed E-state index contributed by atoms with van der Waals surface area (Å²) in [6.07, 6.45) is -1.44. The second-order valence-corrected chi connectivity index (χ2v) is 3.44. The van der Waals surface area contributed by atoms with Gasteiger partial charge in [0.2, 0.25) is 0 Å². The lowest BCUT2D eigenvalue weighted by molar-refractivity contribution is -0.150. The van der Waals surface area contributed by atoms with Crippen LogP contribution >= 0.6 is 0 Å². The van der Waals surface area contributed by atoms with E-state index in [2.05, 4.69) is 4.74 Å². The average molecular weight is 230 g/mol. The fourth-order valence-electron chi connectivity index (χ4n) is 1.21. The molecule has 0 saturated heterocycles. The first-order valence-electron chi connectivity index (χ1n) is 4.60. The van der Waals surface area contributed by atoms with E-state index in [4.69, 9.17) is 0 Å². The highest BCUT2D eigenvalue weighted by atomic mass is 19.3. The van der Waals surface area contributed by atoms with Crippen LogP contribution in [0, 0.1) is 0 Å². The Hall–Kier alpha value is -1.49. The number of alkyl halides is 2. The quantitative estimate of drug-likeness (QED) is 0.808. The third-order valence-corrected chi connectivity index (χ3v) is 2.16. The number of hydrogen-bond donors (Lipinski definition) is 1. The number of carbonyl (C=O) groups is 1. The van der Waals surface area contributed by atoms with Crippen molar-refractivity contribution in [3.8, 4) is 0 Å². The molecule has 0 aliphatic heterocycles. The summed E-state index contributed by atoms with van der Waals surface area (Å²) in [5, 5.41) is 9.42. The monoisotopic (exact) mass is 230 g/mol. The largest absolute Gasteiger partial charge is 0.467 e. The molecule has 0 aliphatic carbocycles. The van der Waals surface area contributed by atoms with E-state index in [1.165, 1.54) is 24.3 Å². The summed E-state index contributed by atoms with van der Waals surface area (Å²) in [7, 11) is 1.14. The van der Waals surface area contributed by atoms with E-state index >= 15 is 0 Å². The van der Waals surface area contributed by atoms with Gasteiger partial charge in [-0.15, -0.1) is 0 Å². The number of aliphatic hydroxyl groups is 1. The fourth-order valence-corrected chi connectivity index (χ4v) is 1.21. The normalized spacial score (nSPS) is 13.3. The molecule has 1 rings (SSSR count). The number of hydrogen-bond acceptors (Lipinski definition) is 3. The number of carbonyl (C=O) groups excluding carboxylic acids is 1. The first kappa shape index (κ1) is 12.6. The van der Waals surface area contributed by atoms with Crippen molar-refractivity contribution in [2.45, 2.75) is 19.0 Å². The molecule has 1 aromatic rings. The lowest BCUT2D eigenvalue weighted by atomic mass is 10.0. The molecule has 5 heteroatoms. The van der Waals surface area contributed by atoms with Crippen LogP contribution in [0.15, 0.2) is 24.3 Å². The molecule has 0 fully saturated rings. The third-order valence-electron chi connectivity index (χ3n) is 2.16. The van der Waals surface area contributed by atoms with E-state index in [1.54, 1.807) is 0 Å². The van der Waals surface area contributed by atoms with Crippen LogP contribution in [0.4, 0.5) is 8.78 Å². The summed E-state index contributed by atoms with van der Waals surface area (Å²) >= 11 is 0. The lowest BCUT2D eigenvalue weighted by Gasteiger charge is -2.12. The molecule has 0 heterocycles. The van der Waals surface area contributed by atoms with Crippen LogP contribution in [0.1, 0.15) is 24.2 Å². The summed E-state index contributed by atoms with van der Waals surface area (Å²) < 4.78 is 30.0. The molecule has 3 nitrogen and oxygen atoms in total. The predicted molar refractivity (Wildman–Crippen MR) is 53.0 cm³/mol. The average Bonchev–Trinajstić information content (AvgIpc) is 2.26. The van der Waals surface area contributed by atoms with E-state index < -0.39 is 18.0 Å². The summed E-state index contributed by atoms with van der Waals surface area (Å²) in [6.45, 7) is 0.777. The molecule has 1 unspecified atom stereocenters. The van der Waals surface area contributed by atoms with Gasteiger partial charge in [-0.2, -0.15) is 0 Å². The second-order valence-electron chi connectivity index (χ2n) is 3.44. The number of esters is 1. The highest BCUT2D eigenvalue weighted by Gasteiger charge is 2.25. The van der Waals surface area contributed by atoms with Crippen LogP contribution in [-0.2, 0) is 15.5 Å². The van der Waals surface area contributed by atoms with Crippen molar-refractivity contribution in [1.29, 1.82) is 0 Å². The zero-order valence-electron chi connectivity index (χ0n) is 8.91. The van der Waals surface area contributed by atoms with E-state index in [0.717, 1.165) is 14.0 Å². The maximum absolute atomic E-state index is 12.9. The van der Waals surface area contributed by atoms with Crippen molar-refractivity contribution >= 4 is 5.97 Å². The maximum Gasteiger partial charge on any atom is 0.339 e. The van der Waals surface area contributed by atoms with Gasteiger partial charge in [0.25, 0.3) is 5.92 Å². The van der Waals surface area contributed by atoms with Crippen molar-refractivity contribution in [2.24, 2.45) is 0 Å². The first-order chi connectivity index (χ1) is 7.36. The van der Waals surface area contributed by atoms with Crippen LogP contribution < -0.4 is 0 Å². The highest BCUT2D eigenvalue weighted by molar-refractivity contribution is 5.76. The molecule has 88 valence electrons. The molecule has 1 atom stereocenters. The van der Waals surface area contributed by atoms with Crippen molar-refractivity contribution in [1.82, 2.24) is 0 Å². The van der Waals surface area contributed by atoms with Gasteiger partial charge < -0.3 is 9.84 Å². The van der Waals surface area contributed by atoms with Gasteiger partial charge in [0.05, 0.1) is 7.11 Å². The zero-order valence-corrected chi connectivity index (χ0v) is 8.91. The van der Waals surface area contributed by atoms with E-state index in [1.807, 2.05) is 0 Å². The van der Waals surface area contributed by atoms with Crippen molar-refractivity contribution in [2.75, 3.05) is 7.11 Å². The van der Waals surface area contributed by atoms with E-state index in [9.17, 15) is 18.7 Å². The molecular formula is C11H12F2O3. The molecule has 0 aromatic heterocycles. The lowest BCUT2D eigenvalue weighted by Crippen LogP contribution is -2.14. The zero-order chi connectivity index (χ0) is 12.3. The van der Waals surface area contributed by atoms with Gasteiger partial charge in [-0.1, -0.05) is 24.3 Å². The van der Waals surface area contributed by atoms with Gasteiger partial charge >= 0.3 is 5.97 Å². The topological polar surface area (TPSA) is 46.5 Å². The molecule has 0 saturated carbocycles. The Balaban J connectivity index is 2.91. The molecule has 0 spiro atoms. The molecule has 0 radical (unpaired) electrons. The smallest absolute Gasteiger partial charge is 0.339 e. The molecule has 1 aromatic carbocycles. The van der Waals surface area contributed by atoms with Crippen LogP contribution in [0.25, 0.3) is 0 Å². The number of halogens is 2. The maximum atomic E-state index is 12.9. The number of ether oxygens (including phenoxy) is 1. The number of methoxy groups -OCH3 is 1. The second kappa shape index (κ2) is 4.57. The predicted octanol–water partition coefficient (Wildman–Crippen LogP) is 2.00. The molecule has 0 amide bonds. The van der Waals surface area contributed by atoms with Gasteiger partial charge in [0.15, 0.2) is 6.10 Å². The minimum atomic E-state index is -2.94. The Kier molecular flexibility index (Phi) is 3.59. The molecule has 0 aliphatic rings. The summed E-state index contributed by atoms with van der Waals surface area (Å²) in [6, 6.07) is 4.88. The Labute approximate surface area is 91.7 Å². The van der Waals surface area contributed by atoms with Crippen molar-refractivity contribution in [3.05, 3.63) is 35.4 Å². The first-order valence-corrected chi connectivity index (χ1v) is 4.60. The summed E-state index contributed by atoms with van der Waals surface area (Å²) in [4.78, 5) is 11.0. The van der Waals surface area contributed by atoms with Crippen LogP contribution in [0.2, 0.25) is 0 Å². The Morgan fingerprint density at radius 2 is 1.88 bits per heavy atom. The minimum absolute atomic E-state index is 0.173. The number of rotatable bonds is 3.